The van der Waals surface area contributed by atoms with Crippen LogP contribution in [-0.4, -0.2) is 19.6 Å². The number of hydrogen-bond acceptors (Lipinski definition) is 2. The first-order valence-corrected chi connectivity index (χ1v) is 4.81. The molecule has 3 nitrogen and oxygen atoms in total. The van der Waals surface area contributed by atoms with Gasteiger partial charge in [0.25, 0.3) is 5.91 Å². The molecule has 15 heavy (non-hydrogen) atoms. The molecule has 0 saturated heterocycles. The molecule has 0 unspecified atom stereocenters. The summed E-state index contributed by atoms with van der Waals surface area (Å²) in [6.07, 6.45) is 2.54. The van der Waals surface area contributed by atoms with E-state index in [1.165, 1.54) is 0 Å². The van der Waals surface area contributed by atoms with Crippen molar-refractivity contribution in [1.29, 1.82) is 0 Å². The Morgan fingerprint density at radius 2 is 2.40 bits per heavy atom. The van der Waals surface area contributed by atoms with Gasteiger partial charge in [-0.3, -0.25) is 4.79 Å². The van der Waals surface area contributed by atoms with Crippen LogP contribution in [0.25, 0.3) is 0 Å². The maximum atomic E-state index is 11.6. The van der Waals surface area contributed by atoms with E-state index in [9.17, 15) is 4.79 Å². The van der Waals surface area contributed by atoms with Crippen LogP contribution < -0.4 is 10.1 Å². The predicted octanol–water partition coefficient (Wildman–Crippen LogP) is 2.00. The molecule has 0 atom stereocenters. The molecule has 1 aromatic rings. The molecule has 1 amide bonds. The molecule has 1 aromatic carbocycles. The minimum absolute atomic E-state index is 0.0873. The highest BCUT2D eigenvalue weighted by Gasteiger charge is 2.04. The maximum Gasteiger partial charge on any atom is 0.251 e. The van der Waals surface area contributed by atoms with Crippen LogP contribution in [0.15, 0.2) is 36.9 Å². The molecule has 0 aliphatic rings. The van der Waals surface area contributed by atoms with Gasteiger partial charge in [0, 0.05) is 12.1 Å². The van der Waals surface area contributed by atoms with Crippen molar-refractivity contribution in [2.24, 2.45) is 0 Å². The fraction of sp³-hybridized carbons (Fsp3) is 0.250. The Kier molecular flexibility index (Phi) is 4.41. The van der Waals surface area contributed by atoms with Crippen molar-refractivity contribution in [1.82, 2.24) is 5.32 Å². The average Bonchev–Trinajstić information content (AvgIpc) is 2.29. The van der Waals surface area contributed by atoms with Gasteiger partial charge >= 0.3 is 0 Å². The van der Waals surface area contributed by atoms with E-state index in [1.807, 2.05) is 0 Å². The fourth-order valence-corrected chi connectivity index (χ4v) is 1.15. The normalized spacial score (nSPS) is 9.40. The van der Waals surface area contributed by atoms with Crippen LogP contribution in [0.1, 0.15) is 16.8 Å². The molecule has 80 valence electrons. The summed E-state index contributed by atoms with van der Waals surface area (Å²) in [5.41, 5.74) is 0.610. The van der Waals surface area contributed by atoms with Crippen molar-refractivity contribution < 1.29 is 9.53 Å². The third kappa shape index (κ3) is 3.46. The summed E-state index contributed by atoms with van der Waals surface area (Å²) in [6, 6.07) is 7.07. The first-order chi connectivity index (χ1) is 7.27. The Bertz CT molecular complexity index is 347. The van der Waals surface area contributed by atoms with Gasteiger partial charge in [-0.25, -0.2) is 0 Å². The highest BCUT2D eigenvalue weighted by molar-refractivity contribution is 5.94. The molecular weight excluding hydrogens is 190 g/mol. The summed E-state index contributed by atoms with van der Waals surface area (Å²) in [5.74, 6) is 0.599. The van der Waals surface area contributed by atoms with Crippen molar-refractivity contribution in [2.75, 3.05) is 13.7 Å². The van der Waals surface area contributed by atoms with E-state index < -0.39 is 0 Å². The summed E-state index contributed by atoms with van der Waals surface area (Å²) in [7, 11) is 1.58. The van der Waals surface area contributed by atoms with Gasteiger partial charge in [0.2, 0.25) is 0 Å². The Balaban J connectivity index is 2.60. The summed E-state index contributed by atoms with van der Waals surface area (Å²) in [6.45, 7) is 4.20. The third-order valence-electron chi connectivity index (χ3n) is 1.97. The number of methoxy groups -OCH3 is 1. The van der Waals surface area contributed by atoms with Crippen LogP contribution in [0.4, 0.5) is 0 Å². The molecule has 1 N–H and O–H groups in total. The highest BCUT2D eigenvalue weighted by Crippen LogP contribution is 2.12. The van der Waals surface area contributed by atoms with Gasteiger partial charge in [-0.2, -0.15) is 0 Å². The molecule has 0 heterocycles. The van der Waals surface area contributed by atoms with E-state index >= 15 is 0 Å². The first-order valence-electron chi connectivity index (χ1n) is 4.81. The number of carbonyl (C=O) groups is 1. The Labute approximate surface area is 89.8 Å². The molecular formula is C12H15NO2. The fourth-order valence-electron chi connectivity index (χ4n) is 1.15. The molecule has 0 aromatic heterocycles. The van der Waals surface area contributed by atoms with Gasteiger partial charge in [0.05, 0.1) is 7.11 Å². The lowest BCUT2D eigenvalue weighted by Crippen LogP contribution is -2.23. The molecule has 0 fully saturated rings. The van der Waals surface area contributed by atoms with Crippen molar-refractivity contribution >= 4 is 5.91 Å². The quantitative estimate of drug-likeness (QED) is 0.589. The van der Waals surface area contributed by atoms with E-state index in [0.717, 1.165) is 6.42 Å². The van der Waals surface area contributed by atoms with E-state index in [0.29, 0.717) is 17.9 Å². The Morgan fingerprint density at radius 1 is 1.60 bits per heavy atom. The lowest BCUT2D eigenvalue weighted by molar-refractivity contribution is 0.0954. The summed E-state index contributed by atoms with van der Waals surface area (Å²) >= 11 is 0. The van der Waals surface area contributed by atoms with Crippen LogP contribution in [0, 0.1) is 0 Å². The van der Waals surface area contributed by atoms with Crippen molar-refractivity contribution in [3.63, 3.8) is 0 Å². The van der Waals surface area contributed by atoms with Gasteiger partial charge in [-0.1, -0.05) is 12.1 Å². The second kappa shape index (κ2) is 5.86. The number of benzene rings is 1. The zero-order valence-corrected chi connectivity index (χ0v) is 8.82. The third-order valence-corrected chi connectivity index (χ3v) is 1.97. The molecule has 3 heteroatoms. The largest absolute Gasteiger partial charge is 0.497 e. The topological polar surface area (TPSA) is 38.3 Å². The van der Waals surface area contributed by atoms with Crippen molar-refractivity contribution in [3.8, 4) is 5.75 Å². The Morgan fingerprint density at radius 3 is 3.07 bits per heavy atom. The van der Waals surface area contributed by atoms with Gasteiger partial charge in [0.15, 0.2) is 0 Å². The highest BCUT2D eigenvalue weighted by atomic mass is 16.5. The number of nitrogens with one attached hydrogen (secondary N) is 1. The number of rotatable bonds is 5. The molecule has 0 aliphatic carbocycles. The lowest BCUT2D eigenvalue weighted by atomic mass is 10.2. The molecule has 0 spiro atoms. The molecule has 0 radical (unpaired) electrons. The van der Waals surface area contributed by atoms with Crippen molar-refractivity contribution in [2.45, 2.75) is 6.42 Å². The summed E-state index contributed by atoms with van der Waals surface area (Å²) in [5, 5.41) is 2.79. The second-order valence-electron chi connectivity index (χ2n) is 3.07. The maximum absolute atomic E-state index is 11.6. The van der Waals surface area contributed by atoms with Crippen LogP contribution in [-0.2, 0) is 0 Å². The summed E-state index contributed by atoms with van der Waals surface area (Å²) < 4.78 is 5.03. The standard InChI is InChI=1S/C12H15NO2/c1-3-4-8-13-12(14)10-6-5-7-11(9-10)15-2/h3,5-7,9H,1,4,8H2,2H3,(H,13,14). The smallest absolute Gasteiger partial charge is 0.251 e. The van der Waals surface area contributed by atoms with E-state index in [2.05, 4.69) is 11.9 Å². The van der Waals surface area contributed by atoms with E-state index in [1.54, 1.807) is 37.5 Å². The number of hydrogen-bond donors (Lipinski definition) is 1. The first kappa shape index (κ1) is 11.3. The minimum atomic E-state index is -0.0873. The van der Waals surface area contributed by atoms with Gasteiger partial charge in [0.1, 0.15) is 5.75 Å². The van der Waals surface area contributed by atoms with Crippen LogP contribution in [0.5, 0.6) is 5.75 Å². The SMILES string of the molecule is C=CCCNC(=O)c1cccc(OC)c1. The number of ether oxygens (including phenoxy) is 1. The van der Waals surface area contributed by atoms with E-state index in [-0.39, 0.29) is 5.91 Å². The average molecular weight is 205 g/mol. The van der Waals surface area contributed by atoms with Gasteiger partial charge < -0.3 is 10.1 Å². The zero-order chi connectivity index (χ0) is 11.1. The van der Waals surface area contributed by atoms with Gasteiger partial charge in [-0.15, -0.1) is 6.58 Å². The van der Waals surface area contributed by atoms with Gasteiger partial charge in [-0.05, 0) is 24.6 Å². The minimum Gasteiger partial charge on any atom is -0.497 e. The molecule has 0 bridgehead atoms. The number of carbonyl (C=O) groups excluding carboxylic acids is 1. The summed E-state index contributed by atoms with van der Waals surface area (Å²) in [4.78, 5) is 11.6. The molecule has 1 rings (SSSR count). The molecule has 0 saturated carbocycles. The van der Waals surface area contributed by atoms with E-state index in [4.69, 9.17) is 4.74 Å². The molecule has 0 aliphatic heterocycles. The van der Waals surface area contributed by atoms with Crippen molar-refractivity contribution in [3.05, 3.63) is 42.5 Å². The zero-order valence-electron chi connectivity index (χ0n) is 8.82. The van der Waals surface area contributed by atoms with Crippen LogP contribution in [0.2, 0.25) is 0 Å². The monoisotopic (exact) mass is 205 g/mol. The van der Waals surface area contributed by atoms with Crippen LogP contribution >= 0.6 is 0 Å². The predicted molar refractivity (Wildman–Crippen MR) is 60.1 cm³/mol. The second-order valence-corrected chi connectivity index (χ2v) is 3.07. The van der Waals surface area contributed by atoms with Crippen LogP contribution in [0.3, 0.4) is 0 Å². The number of amides is 1. The Hall–Kier alpha value is -1.77. The lowest BCUT2D eigenvalue weighted by Gasteiger charge is -2.05.